The van der Waals surface area contributed by atoms with Crippen LogP contribution in [0.25, 0.3) is 11.0 Å². The number of aliphatic hydroxyl groups excluding tert-OH is 1. The van der Waals surface area contributed by atoms with Crippen molar-refractivity contribution in [1.82, 2.24) is 9.55 Å². The van der Waals surface area contributed by atoms with Gasteiger partial charge in [0.25, 0.3) is 0 Å². The summed E-state index contributed by atoms with van der Waals surface area (Å²) < 4.78 is 7.67. The van der Waals surface area contributed by atoms with Crippen LogP contribution in [0.15, 0.2) is 48.5 Å². The number of anilines is 1. The van der Waals surface area contributed by atoms with Gasteiger partial charge in [-0.3, -0.25) is 4.79 Å². The van der Waals surface area contributed by atoms with E-state index in [1.807, 2.05) is 47.9 Å². The molecule has 1 N–H and O–H groups in total. The Kier molecular flexibility index (Phi) is 5.23. The average Bonchev–Trinajstić information content (AvgIpc) is 2.95. The number of hydrogen-bond acceptors (Lipinski definition) is 4. The predicted molar refractivity (Wildman–Crippen MR) is 101 cm³/mol. The molecule has 1 aromatic heterocycles. The van der Waals surface area contributed by atoms with Gasteiger partial charge in [0.05, 0.1) is 17.6 Å². The monoisotopic (exact) mass is 353 g/mol. The maximum absolute atomic E-state index is 11.4. The smallest absolute Gasteiger partial charge is 0.223 e. The van der Waals surface area contributed by atoms with Crippen molar-refractivity contribution < 1.29 is 14.6 Å². The third kappa shape index (κ3) is 3.86. The molecule has 0 unspecified atom stereocenters. The molecule has 0 aliphatic carbocycles. The second-order valence-corrected chi connectivity index (χ2v) is 6.30. The fourth-order valence-electron chi connectivity index (χ4n) is 2.83. The van der Waals surface area contributed by atoms with Crippen molar-refractivity contribution in [1.29, 1.82) is 0 Å². The molecule has 0 radical (unpaired) electrons. The highest BCUT2D eigenvalue weighted by atomic mass is 16.5. The number of carbonyl (C=O) groups excluding carboxylic acids is 1. The fourth-order valence-corrected chi connectivity index (χ4v) is 2.83. The molecule has 0 saturated heterocycles. The number of rotatable bonds is 6. The quantitative estimate of drug-likeness (QED) is 0.740. The molecule has 26 heavy (non-hydrogen) atoms. The minimum atomic E-state index is -0.661. The molecule has 0 fully saturated rings. The summed E-state index contributed by atoms with van der Waals surface area (Å²) in [7, 11) is 1.72. The van der Waals surface area contributed by atoms with E-state index in [1.54, 1.807) is 24.1 Å². The summed E-state index contributed by atoms with van der Waals surface area (Å²) in [5.41, 5.74) is 2.72. The Morgan fingerprint density at radius 1 is 1.23 bits per heavy atom. The van der Waals surface area contributed by atoms with Gasteiger partial charge in [0.2, 0.25) is 5.91 Å². The van der Waals surface area contributed by atoms with Gasteiger partial charge in [-0.25, -0.2) is 4.98 Å². The summed E-state index contributed by atoms with van der Waals surface area (Å²) in [6.45, 7) is 4.03. The van der Waals surface area contributed by atoms with E-state index in [0.29, 0.717) is 12.3 Å². The molecule has 2 aromatic carbocycles. The van der Waals surface area contributed by atoms with Crippen molar-refractivity contribution in [2.75, 3.05) is 18.6 Å². The molecular weight excluding hydrogens is 330 g/mol. The Labute approximate surface area is 152 Å². The molecule has 0 spiro atoms. The lowest BCUT2D eigenvalue weighted by Crippen LogP contribution is -2.24. The number of benzene rings is 2. The van der Waals surface area contributed by atoms with Crippen molar-refractivity contribution in [3.8, 4) is 5.75 Å². The molecule has 0 aliphatic rings. The van der Waals surface area contributed by atoms with Crippen LogP contribution < -0.4 is 9.64 Å². The van der Waals surface area contributed by atoms with Gasteiger partial charge in [0.15, 0.2) is 0 Å². The Morgan fingerprint density at radius 3 is 2.62 bits per heavy atom. The normalized spacial score (nSPS) is 12.2. The first kappa shape index (κ1) is 17.9. The lowest BCUT2D eigenvalue weighted by Gasteiger charge is -2.17. The highest BCUT2D eigenvalue weighted by Gasteiger charge is 2.12. The van der Waals surface area contributed by atoms with Gasteiger partial charge in [0.1, 0.15) is 24.3 Å². The fraction of sp³-hybridized carbons (Fsp3) is 0.300. The molecule has 6 nitrogen and oxygen atoms in total. The number of nitrogens with zero attached hydrogens (tertiary/aromatic N) is 3. The minimum absolute atomic E-state index is 0.0305. The van der Waals surface area contributed by atoms with Crippen LogP contribution in [-0.2, 0) is 11.3 Å². The van der Waals surface area contributed by atoms with Gasteiger partial charge in [-0.1, -0.05) is 12.1 Å². The molecule has 3 rings (SSSR count). The number of aryl methyl sites for hydroxylation is 1. The Balaban J connectivity index is 1.61. The zero-order valence-electron chi connectivity index (χ0n) is 15.2. The molecular formula is C20H23N3O3. The van der Waals surface area contributed by atoms with Crippen LogP contribution in [0.2, 0.25) is 0 Å². The summed E-state index contributed by atoms with van der Waals surface area (Å²) in [5, 5.41) is 10.4. The van der Waals surface area contributed by atoms with Crippen LogP contribution in [0, 0.1) is 6.92 Å². The van der Waals surface area contributed by atoms with E-state index >= 15 is 0 Å². The maximum atomic E-state index is 11.4. The molecule has 1 amide bonds. The molecule has 1 heterocycles. The second-order valence-electron chi connectivity index (χ2n) is 6.30. The summed E-state index contributed by atoms with van der Waals surface area (Å²) in [4.78, 5) is 17.4. The lowest BCUT2D eigenvalue weighted by molar-refractivity contribution is -0.116. The topological polar surface area (TPSA) is 67.6 Å². The predicted octanol–water partition coefficient (Wildman–Crippen LogP) is 2.77. The number of imidazole rings is 1. The SMILES string of the molecule is CC(=O)N(C)c1ccc(OC[C@H](O)Cn2c(C)nc3ccccc32)cc1. The van der Waals surface area contributed by atoms with Crippen molar-refractivity contribution in [2.45, 2.75) is 26.5 Å². The highest BCUT2D eigenvalue weighted by Crippen LogP contribution is 2.19. The largest absolute Gasteiger partial charge is 0.491 e. The van der Waals surface area contributed by atoms with Gasteiger partial charge in [-0.05, 0) is 43.3 Å². The first-order chi connectivity index (χ1) is 12.5. The molecule has 1 atom stereocenters. The van der Waals surface area contributed by atoms with E-state index in [1.165, 1.54) is 6.92 Å². The number of hydrogen-bond donors (Lipinski definition) is 1. The van der Waals surface area contributed by atoms with E-state index in [4.69, 9.17) is 4.74 Å². The maximum Gasteiger partial charge on any atom is 0.223 e. The number of aromatic nitrogens is 2. The Bertz CT molecular complexity index is 902. The van der Waals surface area contributed by atoms with Crippen LogP contribution in [0.3, 0.4) is 0 Å². The van der Waals surface area contributed by atoms with Crippen LogP contribution in [-0.4, -0.2) is 40.3 Å². The lowest BCUT2D eigenvalue weighted by atomic mass is 10.2. The van der Waals surface area contributed by atoms with Crippen molar-refractivity contribution in [3.63, 3.8) is 0 Å². The standard InChI is InChI=1S/C20H23N3O3/c1-14-21-19-6-4-5-7-20(19)23(14)12-17(25)13-26-18-10-8-16(9-11-18)22(3)15(2)24/h4-11,17,25H,12-13H2,1-3H3/t17-/m1/s1. The van der Waals surface area contributed by atoms with Crippen LogP contribution in [0.1, 0.15) is 12.7 Å². The Morgan fingerprint density at radius 2 is 1.92 bits per heavy atom. The minimum Gasteiger partial charge on any atom is -0.491 e. The third-order valence-electron chi connectivity index (χ3n) is 4.38. The highest BCUT2D eigenvalue weighted by molar-refractivity contribution is 5.90. The molecule has 0 saturated carbocycles. The zero-order chi connectivity index (χ0) is 18.7. The molecule has 3 aromatic rings. The first-order valence-electron chi connectivity index (χ1n) is 8.53. The average molecular weight is 353 g/mol. The van der Waals surface area contributed by atoms with Gasteiger partial charge >= 0.3 is 0 Å². The molecule has 0 bridgehead atoms. The molecule has 6 heteroatoms. The van der Waals surface area contributed by atoms with E-state index in [-0.39, 0.29) is 12.5 Å². The van der Waals surface area contributed by atoms with Gasteiger partial charge in [-0.15, -0.1) is 0 Å². The van der Waals surface area contributed by atoms with Crippen LogP contribution >= 0.6 is 0 Å². The zero-order valence-corrected chi connectivity index (χ0v) is 15.2. The second kappa shape index (κ2) is 7.58. The van der Waals surface area contributed by atoms with Gasteiger partial charge in [0, 0.05) is 19.7 Å². The number of para-hydroxylation sites is 2. The summed E-state index contributed by atoms with van der Waals surface area (Å²) in [5.74, 6) is 1.48. The number of aliphatic hydroxyl groups is 1. The van der Waals surface area contributed by atoms with E-state index in [9.17, 15) is 9.90 Å². The van der Waals surface area contributed by atoms with Gasteiger partial charge < -0.3 is 19.3 Å². The molecule has 136 valence electrons. The first-order valence-corrected chi connectivity index (χ1v) is 8.53. The van der Waals surface area contributed by atoms with Crippen LogP contribution in [0.5, 0.6) is 5.75 Å². The van der Waals surface area contributed by atoms with Gasteiger partial charge in [-0.2, -0.15) is 0 Å². The number of amides is 1. The molecule has 0 aliphatic heterocycles. The van der Waals surface area contributed by atoms with E-state index in [2.05, 4.69) is 4.98 Å². The van der Waals surface area contributed by atoms with Crippen molar-refractivity contribution >= 4 is 22.6 Å². The van der Waals surface area contributed by atoms with Crippen molar-refractivity contribution in [3.05, 3.63) is 54.4 Å². The third-order valence-corrected chi connectivity index (χ3v) is 4.38. The number of ether oxygens (including phenoxy) is 1. The van der Waals surface area contributed by atoms with Crippen LogP contribution in [0.4, 0.5) is 5.69 Å². The summed E-state index contributed by atoms with van der Waals surface area (Å²) >= 11 is 0. The van der Waals surface area contributed by atoms with Crippen molar-refractivity contribution in [2.24, 2.45) is 0 Å². The summed E-state index contributed by atoms with van der Waals surface area (Å²) in [6.07, 6.45) is -0.661. The number of fused-ring (bicyclic) bond motifs is 1. The number of carbonyl (C=O) groups is 1. The Hall–Kier alpha value is -2.86. The van der Waals surface area contributed by atoms with E-state index < -0.39 is 6.10 Å². The summed E-state index contributed by atoms with van der Waals surface area (Å²) in [6, 6.07) is 15.1. The van der Waals surface area contributed by atoms with E-state index in [0.717, 1.165) is 22.5 Å².